The summed E-state index contributed by atoms with van der Waals surface area (Å²) in [7, 11) is 0. The molecule has 38 heavy (non-hydrogen) atoms. The number of furan rings is 1. The fourth-order valence-corrected chi connectivity index (χ4v) is 5.39. The SMILES string of the molecule is Cc1cc(Nc2ccc(C(F)(F)F)cc2)n2nc(CCCSCc3ccc(CN4CCCCC4)o3)nc2n1. The first-order valence-electron chi connectivity index (χ1n) is 12.9. The van der Waals surface area contributed by atoms with E-state index >= 15 is 0 Å². The molecule has 5 rings (SSSR count). The van der Waals surface area contributed by atoms with Crippen LogP contribution in [0.5, 0.6) is 0 Å². The van der Waals surface area contributed by atoms with E-state index in [0.717, 1.165) is 66.9 Å². The molecule has 1 saturated heterocycles. The van der Waals surface area contributed by atoms with E-state index in [-0.39, 0.29) is 0 Å². The minimum absolute atomic E-state index is 0.457. The molecule has 1 aliphatic rings. The highest BCUT2D eigenvalue weighted by Crippen LogP contribution is 2.30. The molecule has 11 heteroatoms. The van der Waals surface area contributed by atoms with Crippen LogP contribution in [0.25, 0.3) is 5.78 Å². The van der Waals surface area contributed by atoms with E-state index in [4.69, 9.17) is 4.42 Å². The van der Waals surface area contributed by atoms with Crippen LogP contribution < -0.4 is 5.32 Å². The Morgan fingerprint density at radius 3 is 2.53 bits per heavy atom. The molecule has 0 amide bonds. The molecule has 202 valence electrons. The number of anilines is 2. The van der Waals surface area contributed by atoms with Crippen LogP contribution >= 0.6 is 11.8 Å². The molecule has 0 atom stereocenters. The van der Waals surface area contributed by atoms with E-state index in [9.17, 15) is 13.2 Å². The zero-order chi connectivity index (χ0) is 26.5. The lowest BCUT2D eigenvalue weighted by molar-refractivity contribution is -0.137. The first kappa shape index (κ1) is 26.6. The van der Waals surface area contributed by atoms with Crippen molar-refractivity contribution >= 4 is 29.0 Å². The smallest absolute Gasteiger partial charge is 0.416 e. The Hall–Kier alpha value is -3.05. The Morgan fingerprint density at radius 1 is 1.00 bits per heavy atom. The molecule has 7 nitrogen and oxygen atoms in total. The Bertz CT molecular complexity index is 1350. The van der Waals surface area contributed by atoms with Crippen molar-refractivity contribution in [2.75, 3.05) is 24.2 Å². The molecule has 1 aliphatic heterocycles. The van der Waals surface area contributed by atoms with Gasteiger partial charge in [-0.3, -0.25) is 4.90 Å². The van der Waals surface area contributed by atoms with Gasteiger partial charge in [0, 0.05) is 23.9 Å². The second-order valence-electron chi connectivity index (χ2n) is 9.58. The molecule has 0 unspecified atom stereocenters. The monoisotopic (exact) mass is 544 g/mol. The maximum Gasteiger partial charge on any atom is 0.416 e. The number of piperidine rings is 1. The highest BCUT2D eigenvalue weighted by molar-refractivity contribution is 7.98. The van der Waals surface area contributed by atoms with Gasteiger partial charge in [-0.05, 0) is 81.4 Å². The number of aromatic nitrogens is 4. The number of alkyl halides is 3. The summed E-state index contributed by atoms with van der Waals surface area (Å²) in [5, 5.41) is 7.73. The third-order valence-electron chi connectivity index (χ3n) is 6.45. The topological polar surface area (TPSA) is 71.5 Å². The number of rotatable bonds is 10. The zero-order valence-corrected chi connectivity index (χ0v) is 22.1. The Balaban J connectivity index is 1.13. The van der Waals surface area contributed by atoms with Crippen molar-refractivity contribution < 1.29 is 17.6 Å². The van der Waals surface area contributed by atoms with Crippen molar-refractivity contribution in [2.24, 2.45) is 0 Å². The minimum atomic E-state index is -4.37. The number of hydrogen-bond donors (Lipinski definition) is 1. The molecule has 4 heterocycles. The minimum Gasteiger partial charge on any atom is -0.464 e. The van der Waals surface area contributed by atoms with Gasteiger partial charge in [0.15, 0.2) is 5.82 Å². The number of thioether (sulfide) groups is 1. The molecule has 1 aromatic carbocycles. The number of hydrogen-bond acceptors (Lipinski definition) is 7. The maximum absolute atomic E-state index is 12.9. The Morgan fingerprint density at radius 2 is 1.76 bits per heavy atom. The van der Waals surface area contributed by atoms with Crippen molar-refractivity contribution in [1.82, 2.24) is 24.5 Å². The summed E-state index contributed by atoms with van der Waals surface area (Å²) in [5.41, 5.74) is 0.569. The van der Waals surface area contributed by atoms with Gasteiger partial charge in [0.05, 0.1) is 17.9 Å². The second-order valence-corrected chi connectivity index (χ2v) is 10.7. The molecule has 0 aliphatic carbocycles. The van der Waals surface area contributed by atoms with Crippen LogP contribution in [0, 0.1) is 6.92 Å². The average molecular weight is 545 g/mol. The molecule has 0 bridgehead atoms. The Labute approximate surface area is 223 Å². The largest absolute Gasteiger partial charge is 0.464 e. The van der Waals surface area contributed by atoms with Gasteiger partial charge in [-0.15, -0.1) is 5.10 Å². The number of likely N-dealkylation sites (tertiary alicyclic amines) is 1. The van der Waals surface area contributed by atoms with E-state index in [1.807, 2.05) is 18.7 Å². The van der Waals surface area contributed by atoms with Crippen LogP contribution in [-0.4, -0.2) is 43.3 Å². The van der Waals surface area contributed by atoms with E-state index in [2.05, 4.69) is 37.4 Å². The molecule has 4 aromatic rings. The van der Waals surface area contributed by atoms with E-state index < -0.39 is 11.7 Å². The van der Waals surface area contributed by atoms with Crippen LogP contribution in [-0.2, 0) is 24.9 Å². The number of nitrogens with zero attached hydrogens (tertiary/aromatic N) is 5. The fourth-order valence-electron chi connectivity index (χ4n) is 4.54. The van der Waals surface area contributed by atoms with Gasteiger partial charge in [0.1, 0.15) is 17.3 Å². The summed E-state index contributed by atoms with van der Waals surface area (Å²) in [6.07, 6.45) is 1.12. The second kappa shape index (κ2) is 11.8. The summed E-state index contributed by atoms with van der Waals surface area (Å²) in [5.74, 6) is 5.56. The van der Waals surface area contributed by atoms with Gasteiger partial charge in [-0.2, -0.15) is 34.4 Å². The van der Waals surface area contributed by atoms with Crippen LogP contribution in [0.4, 0.5) is 24.7 Å². The normalized spacial score (nSPS) is 14.8. The third kappa shape index (κ3) is 6.87. The summed E-state index contributed by atoms with van der Waals surface area (Å²) >= 11 is 1.82. The zero-order valence-electron chi connectivity index (χ0n) is 21.3. The van der Waals surface area contributed by atoms with Gasteiger partial charge in [0.2, 0.25) is 0 Å². The number of nitrogens with one attached hydrogen (secondary N) is 1. The Kier molecular flexibility index (Phi) is 8.23. The van der Waals surface area contributed by atoms with Crippen LogP contribution in [0.15, 0.2) is 46.9 Å². The van der Waals surface area contributed by atoms with Crippen LogP contribution in [0.1, 0.15) is 54.3 Å². The lowest BCUT2D eigenvalue weighted by Gasteiger charge is -2.25. The van der Waals surface area contributed by atoms with Gasteiger partial charge in [-0.1, -0.05) is 6.42 Å². The summed E-state index contributed by atoms with van der Waals surface area (Å²) in [6, 6.07) is 10.9. The fraction of sp³-hybridized carbons (Fsp3) is 0.444. The van der Waals surface area contributed by atoms with Crippen molar-refractivity contribution in [1.29, 1.82) is 0 Å². The lowest BCUT2D eigenvalue weighted by atomic mass is 10.1. The molecule has 0 spiro atoms. The standard InChI is InChI=1S/C27H31F3N6OS/c1-19-16-25(32-21-9-7-20(8-10-21)27(28,29)30)36-26(31-19)33-24(34-36)6-5-15-38-18-23-12-11-22(37-23)17-35-13-3-2-4-14-35/h7-12,16,32H,2-6,13-15,17-18H2,1H3. The first-order chi connectivity index (χ1) is 18.3. The summed E-state index contributed by atoms with van der Waals surface area (Å²) in [4.78, 5) is 11.5. The van der Waals surface area contributed by atoms with Gasteiger partial charge in [0.25, 0.3) is 5.78 Å². The number of fused-ring (bicyclic) bond motifs is 1. The molecular weight excluding hydrogens is 513 g/mol. The summed E-state index contributed by atoms with van der Waals surface area (Å²) < 4.78 is 46.2. The lowest BCUT2D eigenvalue weighted by Crippen LogP contribution is -2.28. The van der Waals surface area contributed by atoms with Crippen molar-refractivity contribution in [2.45, 2.75) is 57.5 Å². The molecule has 0 saturated carbocycles. The third-order valence-corrected chi connectivity index (χ3v) is 7.51. The van der Waals surface area contributed by atoms with E-state index in [0.29, 0.717) is 29.5 Å². The number of aryl methyl sites for hydroxylation is 2. The van der Waals surface area contributed by atoms with E-state index in [1.165, 1.54) is 31.4 Å². The van der Waals surface area contributed by atoms with E-state index in [1.54, 1.807) is 10.6 Å². The predicted molar refractivity (Wildman–Crippen MR) is 143 cm³/mol. The molecule has 0 radical (unpaired) electrons. The maximum atomic E-state index is 12.9. The van der Waals surface area contributed by atoms with Gasteiger partial charge < -0.3 is 9.73 Å². The van der Waals surface area contributed by atoms with Gasteiger partial charge in [-0.25, -0.2) is 4.98 Å². The molecule has 1 fully saturated rings. The highest BCUT2D eigenvalue weighted by Gasteiger charge is 2.30. The number of benzene rings is 1. The van der Waals surface area contributed by atoms with Crippen molar-refractivity contribution in [3.05, 3.63) is 71.1 Å². The van der Waals surface area contributed by atoms with Crippen molar-refractivity contribution in [3.8, 4) is 0 Å². The average Bonchev–Trinajstić information content (AvgIpc) is 3.51. The van der Waals surface area contributed by atoms with Crippen molar-refractivity contribution in [3.63, 3.8) is 0 Å². The summed E-state index contributed by atoms with van der Waals surface area (Å²) in [6.45, 7) is 5.05. The molecular formula is C27H31F3N6OS. The highest BCUT2D eigenvalue weighted by atomic mass is 32.2. The predicted octanol–water partition coefficient (Wildman–Crippen LogP) is 6.64. The molecule has 1 N–H and O–H groups in total. The number of halogens is 3. The van der Waals surface area contributed by atoms with Crippen LogP contribution in [0.3, 0.4) is 0 Å². The quantitative estimate of drug-likeness (QED) is 0.224. The molecule has 3 aromatic heterocycles. The first-order valence-corrected chi connectivity index (χ1v) is 14.0. The van der Waals surface area contributed by atoms with Gasteiger partial charge >= 0.3 is 6.18 Å². The van der Waals surface area contributed by atoms with Crippen LogP contribution in [0.2, 0.25) is 0 Å².